The summed E-state index contributed by atoms with van der Waals surface area (Å²) in [6, 6.07) is 12.7. The third kappa shape index (κ3) is 2.25. The standard InChI is InChI=1S/C19H17NO2S/c1-2-20-18(21)17(22-19(20)23)15-9-5-8-14-10-12-6-3-4-7-13(12)11-16(14)15/h3-4,6-7,10-11H,2,5,8-9H2,1H3. The van der Waals surface area contributed by atoms with E-state index in [1.54, 1.807) is 0 Å². The van der Waals surface area contributed by atoms with E-state index in [4.69, 9.17) is 17.0 Å². The average Bonchev–Trinajstić information content (AvgIpc) is 2.86. The third-order valence-corrected chi connectivity index (χ3v) is 4.91. The topological polar surface area (TPSA) is 29.5 Å². The fourth-order valence-electron chi connectivity index (χ4n) is 3.46. The number of aryl methyl sites for hydroxylation is 1. The van der Waals surface area contributed by atoms with Gasteiger partial charge >= 0.3 is 0 Å². The third-order valence-electron chi connectivity index (χ3n) is 4.61. The molecule has 4 rings (SSSR count). The second-order valence-electron chi connectivity index (χ2n) is 5.94. The number of carbonyl (C=O) groups excluding carboxylic acids is 1. The molecule has 2 aromatic carbocycles. The van der Waals surface area contributed by atoms with Gasteiger partial charge in [0.2, 0.25) is 0 Å². The number of benzene rings is 2. The predicted octanol–water partition coefficient (Wildman–Crippen LogP) is 4.05. The van der Waals surface area contributed by atoms with Crippen LogP contribution in [0, 0.1) is 0 Å². The molecule has 1 aliphatic carbocycles. The summed E-state index contributed by atoms with van der Waals surface area (Å²) in [4.78, 5) is 14.1. The van der Waals surface area contributed by atoms with Crippen LogP contribution >= 0.6 is 12.2 Å². The first kappa shape index (κ1) is 14.4. The van der Waals surface area contributed by atoms with E-state index >= 15 is 0 Å². The molecular formula is C19H17NO2S. The molecule has 0 N–H and O–H groups in total. The van der Waals surface area contributed by atoms with Crippen molar-refractivity contribution in [2.45, 2.75) is 26.2 Å². The highest BCUT2D eigenvalue weighted by molar-refractivity contribution is 7.80. The molecule has 1 fully saturated rings. The van der Waals surface area contributed by atoms with Crippen LogP contribution in [-0.4, -0.2) is 22.5 Å². The van der Waals surface area contributed by atoms with Gasteiger partial charge in [0.15, 0.2) is 5.76 Å². The van der Waals surface area contributed by atoms with Crippen LogP contribution in [0.15, 0.2) is 42.2 Å². The van der Waals surface area contributed by atoms with Crippen molar-refractivity contribution in [1.29, 1.82) is 0 Å². The summed E-state index contributed by atoms with van der Waals surface area (Å²) >= 11 is 5.19. The van der Waals surface area contributed by atoms with Crippen LogP contribution < -0.4 is 0 Å². The van der Waals surface area contributed by atoms with Crippen molar-refractivity contribution >= 4 is 39.6 Å². The lowest BCUT2D eigenvalue weighted by molar-refractivity contribution is -0.122. The van der Waals surface area contributed by atoms with Gasteiger partial charge in [0.05, 0.1) is 0 Å². The van der Waals surface area contributed by atoms with Crippen molar-refractivity contribution in [3.8, 4) is 0 Å². The number of ether oxygens (including phenoxy) is 1. The first-order valence-electron chi connectivity index (χ1n) is 7.98. The van der Waals surface area contributed by atoms with Crippen LogP contribution in [0.3, 0.4) is 0 Å². The Hall–Kier alpha value is -2.20. The maximum absolute atomic E-state index is 12.6. The first-order chi connectivity index (χ1) is 11.2. The number of hydrogen-bond acceptors (Lipinski definition) is 3. The molecule has 1 heterocycles. The number of likely N-dealkylation sites (N-methyl/N-ethyl adjacent to an activating group) is 1. The summed E-state index contributed by atoms with van der Waals surface area (Å²) < 4.78 is 5.67. The molecule has 0 spiro atoms. The molecule has 0 aromatic heterocycles. The molecule has 1 saturated heterocycles. The van der Waals surface area contributed by atoms with Crippen LogP contribution in [0.2, 0.25) is 0 Å². The Balaban J connectivity index is 1.91. The maximum atomic E-state index is 12.6. The zero-order valence-electron chi connectivity index (χ0n) is 13.0. The van der Waals surface area contributed by atoms with E-state index in [9.17, 15) is 4.79 Å². The summed E-state index contributed by atoms with van der Waals surface area (Å²) in [6.07, 6.45) is 2.92. The molecule has 0 bridgehead atoms. The molecule has 2 aromatic rings. The minimum Gasteiger partial charge on any atom is -0.425 e. The summed E-state index contributed by atoms with van der Waals surface area (Å²) in [7, 11) is 0. The SMILES string of the molecule is CCN1C(=O)C(=C2CCCc3cc4ccccc4cc32)OC1=S. The molecule has 0 saturated carbocycles. The van der Waals surface area contributed by atoms with Gasteiger partial charge in [-0.2, -0.15) is 0 Å². The lowest BCUT2D eigenvalue weighted by Gasteiger charge is -2.20. The van der Waals surface area contributed by atoms with Crippen molar-refractivity contribution in [2.75, 3.05) is 6.54 Å². The van der Waals surface area contributed by atoms with Gasteiger partial charge in [-0.15, -0.1) is 0 Å². The lowest BCUT2D eigenvalue weighted by atomic mass is 9.85. The zero-order chi connectivity index (χ0) is 16.0. The second kappa shape index (κ2) is 5.46. The molecular weight excluding hydrogens is 306 g/mol. The van der Waals surface area contributed by atoms with Gasteiger partial charge in [-0.25, -0.2) is 0 Å². The van der Waals surface area contributed by atoms with Crippen molar-refractivity contribution < 1.29 is 9.53 Å². The minimum atomic E-state index is -0.103. The Morgan fingerprint density at radius 3 is 2.61 bits per heavy atom. The summed E-state index contributed by atoms with van der Waals surface area (Å²) in [5.41, 5.74) is 3.43. The molecule has 0 unspecified atom stereocenters. The minimum absolute atomic E-state index is 0.103. The van der Waals surface area contributed by atoms with Crippen molar-refractivity contribution in [3.63, 3.8) is 0 Å². The van der Waals surface area contributed by atoms with Crippen LogP contribution in [-0.2, 0) is 16.0 Å². The van der Waals surface area contributed by atoms with E-state index < -0.39 is 0 Å². The molecule has 23 heavy (non-hydrogen) atoms. The van der Waals surface area contributed by atoms with Gasteiger partial charge in [0.25, 0.3) is 11.1 Å². The maximum Gasteiger partial charge on any atom is 0.297 e. The number of thiocarbonyl (C=S) groups is 1. The number of allylic oxidation sites excluding steroid dienone is 1. The van der Waals surface area contributed by atoms with E-state index in [2.05, 4.69) is 30.3 Å². The monoisotopic (exact) mass is 323 g/mol. The van der Waals surface area contributed by atoms with E-state index in [0.717, 1.165) is 30.4 Å². The number of hydrogen-bond donors (Lipinski definition) is 0. The fraction of sp³-hybridized carbons (Fsp3) is 0.263. The van der Waals surface area contributed by atoms with Gasteiger partial charge in [-0.05, 0) is 66.4 Å². The van der Waals surface area contributed by atoms with E-state index in [0.29, 0.717) is 12.3 Å². The molecule has 1 amide bonds. The van der Waals surface area contributed by atoms with Crippen LogP contribution in [0.1, 0.15) is 30.9 Å². The Kier molecular flexibility index (Phi) is 3.42. The Bertz CT molecular complexity index is 869. The molecule has 0 radical (unpaired) electrons. The van der Waals surface area contributed by atoms with Crippen LogP contribution in [0.4, 0.5) is 0 Å². The summed E-state index contributed by atoms with van der Waals surface area (Å²) in [6.45, 7) is 2.45. The fourth-order valence-corrected chi connectivity index (χ4v) is 3.75. The van der Waals surface area contributed by atoms with Crippen molar-refractivity contribution in [1.82, 2.24) is 4.90 Å². The number of fused-ring (bicyclic) bond motifs is 2. The first-order valence-corrected chi connectivity index (χ1v) is 8.38. The smallest absolute Gasteiger partial charge is 0.297 e. The zero-order valence-corrected chi connectivity index (χ0v) is 13.8. The molecule has 4 heteroatoms. The molecule has 2 aliphatic rings. The van der Waals surface area contributed by atoms with E-state index in [1.807, 2.05) is 13.0 Å². The highest BCUT2D eigenvalue weighted by atomic mass is 32.1. The van der Waals surface area contributed by atoms with Crippen LogP contribution in [0.5, 0.6) is 0 Å². The Morgan fingerprint density at radius 1 is 1.17 bits per heavy atom. The van der Waals surface area contributed by atoms with Gasteiger partial charge in [-0.1, -0.05) is 30.3 Å². The van der Waals surface area contributed by atoms with Gasteiger partial charge in [-0.3, -0.25) is 9.69 Å². The van der Waals surface area contributed by atoms with Crippen molar-refractivity contribution in [3.05, 3.63) is 53.3 Å². The van der Waals surface area contributed by atoms with E-state index in [1.165, 1.54) is 21.2 Å². The largest absolute Gasteiger partial charge is 0.425 e. The Labute approximate surface area is 140 Å². The normalized spacial score (nSPS) is 20.8. The second-order valence-corrected chi connectivity index (χ2v) is 6.28. The summed E-state index contributed by atoms with van der Waals surface area (Å²) in [5.74, 6) is 0.321. The summed E-state index contributed by atoms with van der Waals surface area (Å²) in [5, 5.41) is 2.70. The quantitative estimate of drug-likeness (QED) is 0.586. The number of carbonyl (C=O) groups is 1. The Morgan fingerprint density at radius 2 is 1.91 bits per heavy atom. The number of nitrogens with zero attached hydrogens (tertiary/aromatic N) is 1. The van der Waals surface area contributed by atoms with Crippen molar-refractivity contribution in [2.24, 2.45) is 0 Å². The molecule has 0 atom stereocenters. The van der Waals surface area contributed by atoms with E-state index in [-0.39, 0.29) is 11.1 Å². The molecule has 3 nitrogen and oxygen atoms in total. The number of amides is 1. The van der Waals surface area contributed by atoms with Gasteiger partial charge in [0.1, 0.15) is 0 Å². The molecule has 116 valence electrons. The highest BCUT2D eigenvalue weighted by Gasteiger charge is 2.36. The van der Waals surface area contributed by atoms with Gasteiger partial charge in [0, 0.05) is 12.1 Å². The van der Waals surface area contributed by atoms with Gasteiger partial charge < -0.3 is 4.74 Å². The predicted molar refractivity (Wildman–Crippen MR) is 94.9 cm³/mol. The molecule has 1 aliphatic heterocycles. The number of rotatable bonds is 1. The lowest BCUT2D eigenvalue weighted by Crippen LogP contribution is -2.28. The average molecular weight is 323 g/mol. The van der Waals surface area contributed by atoms with Crippen LogP contribution in [0.25, 0.3) is 16.3 Å². The highest BCUT2D eigenvalue weighted by Crippen LogP contribution is 2.38.